The van der Waals surface area contributed by atoms with Crippen LogP contribution in [0.1, 0.15) is 5.56 Å². The van der Waals surface area contributed by atoms with Crippen molar-refractivity contribution >= 4 is 29.1 Å². The predicted octanol–water partition coefficient (Wildman–Crippen LogP) is 2.69. The topological polar surface area (TPSA) is 63.1 Å². The lowest BCUT2D eigenvalue weighted by atomic mass is 10.1. The fraction of sp³-hybridized carbons (Fsp3) is 0.182. The number of aryl methyl sites for hydroxylation is 1. The van der Waals surface area contributed by atoms with Crippen molar-refractivity contribution in [3.8, 4) is 10.6 Å². The number of carboxylic acids is 1. The minimum absolute atomic E-state index is 0.0163. The quantitative estimate of drug-likeness (QED) is 0.862. The van der Waals surface area contributed by atoms with E-state index < -0.39 is 5.97 Å². The number of hydrogen-bond acceptors (Lipinski definition) is 5. The van der Waals surface area contributed by atoms with Crippen LogP contribution in [-0.4, -0.2) is 27.0 Å². The minimum Gasteiger partial charge on any atom is -0.481 e. The summed E-state index contributed by atoms with van der Waals surface area (Å²) < 4.78 is 0.686. The number of nitrogens with zero attached hydrogens (tertiary/aromatic N) is 2. The molecule has 0 aliphatic heterocycles. The summed E-state index contributed by atoms with van der Waals surface area (Å²) in [6.07, 6.45) is 0. The third-order valence-electron chi connectivity index (χ3n) is 2.10. The first kappa shape index (κ1) is 12.1. The van der Waals surface area contributed by atoms with Gasteiger partial charge in [0.05, 0.1) is 5.75 Å². The summed E-state index contributed by atoms with van der Waals surface area (Å²) >= 11 is 2.61. The predicted molar refractivity (Wildman–Crippen MR) is 68.4 cm³/mol. The van der Waals surface area contributed by atoms with Crippen molar-refractivity contribution in [1.82, 2.24) is 10.2 Å². The van der Waals surface area contributed by atoms with Crippen molar-refractivity contribution < 1.29 is 9.90 Å². The molecular formula is C11H10N2O2S2. The number of rotatable bonds is 4. The molecule has 1 aromatic carbocycles. The molecule has 0 bridgehead atoms. The molecule has 4 nitrogen and oxygen atoms in total. The van der Waals surface area contributed by atoms with Gasteiger partial charge >= 0.3 is 5.97 Å². The zero-order valence-electron chi connectivity index (χ0n) is 9.08. The molecule has 17 heavy (non-hydrogen) atoms. The number of carboxylic acid groups (broad SMARTS) is 1. The Morgan fingerprint density at radius 1 is 1.41 bits per heavy atom. The molecule has 1 N–H and O–H groups in total. The summed E-state index contributed by atoms with van der Waals surface area (Å²) in [5.74, 6) is -0.829. The first-order valence-electron chi connectivity index (χ1n) is 4.91. The Bertz CT molecular complexity index is 540. The zero-order valence-corrected chi connectivity index (χ0v) is 10.7. The number of hydrogen-bond donors (Lipinski definition) is 1. The number of benzene rings is 1. The van der Waals surface area contributed by atoms with Crippen LogP contribution in [0.4, 0.5) is 0 Å². The van der Waals surface area contributed by atoms with Gasteiger partial charge in [-0.15, -0.1) is 10.2 Å². The average molecular weight is 266 g/mol. The molecule has 1 heterocycles. The van der Waals surface area contributed by atoms with Crippen molar-refractivity contribution in [3.63, 3.8) is 0 Å². The zero-order chi connectivity index (χ0) is 12.3. The Hall–Kier alpha value is -1.40. The molecule has 88 valence electrons. The van der Waals surface area contributed by atoms with Crippen LogP contribution in [0.5, 0.6) is 0 Å². The highest BCUT2D eigenvalue weighted by molar-refractivity contribution is 8.01. The van der Waals surface area contributed by atoms with Gasteiger partial charge in [0.25, 0.3) is 0 Å². The van der Waals surface area contributed by atoms with Crippen LogP contribution >= 0.6 is 23.1 Å². The molecule has 2 rings (SSSR count). The summed E-state index contributed by atoms with van der Waals surface area (Å²) in [5, 5.41) is 17.5. The summed E-state index contributed by atoms with van der Waals surface area (Å²) in [6.45, 7) is 2.01. The van der Waals surface area contributed by atoms with Crippen LogP contribution in [0.2, 0.25) is 0 Å². The largest absolute Gasteiger partial charge is 0.481 e. The summed E-state index contributed by atoms with van der Waals surface area (Å²) in [7, 11) is 0. The normalized spacial score (nSPS) is 10.4. The van der Waals surface area contributed by atoms with E-state index in [0.29, 0.717) is 4.34 Å². The van der Waals surface area contributed by atoms with E-state index in [4.69, 9.17) is 5.11 Å². The first-order chi connectivity index (χ1) is 8.16. The SMILES string of the molecule is Cc1ccccc1-c1nnc(SCC(=O)O)s1. The van der Waals surface area contributed by atoms with Gasteiger partial charge in [0.1, 0.15) is 5.01 Å². The molecule has 1 aromatic heterocycles. The van der Waals surface area contributed by atoms with Crippen molar-refractivity contribution in [2.45, 2.75) is 11.3 Å². The van der Waals surface area contributed by atoms with Gasteiger partial charge in [-0.05, 0) is 12.5 Å². The molecule has 0 unspecified atom stereocenters. The molecule has 6 heteroatoms. The van der Waals surface area contributed by atoms with Crippen LogP contribution in [0.3, 0.4) is 0 Å². The van der Waals surface area contributed by atoms with Crippen LogP contribution in [0, 0.1) is 6.92 Å². The molecule has 0 amide bonds. The fourth-order valence-electron chi connectivity index (χ4n) is 1.31. The first-order valence-corrected chi connectivity index (χ1v) is 6.71. The van der Waals surface area contributed by atoms with E-state index in [1.54, 1.807) is 0 Å². The Labute approximate surface area is 107 Å². The lowest BCUT2D eigenvalue weighted by Gasteiger charge is -1.98. The van der Waals surface area contributed by atoms with Gasteiger partial charge in [-0.25, -0.2) is 0 Å². The third kappa shape index (κ3) is 3.04. The van der Waals surface area contributed by atoms with Crippen LogP contribution in [0.25, 0.3) is 10.6 Å². The smallest absolute Gasteiger partial charge is 0.313 e. The van der Waals surface area contributed by atoms with Crippen molar-refractivity contribution in [3.05, 3.63) is 29.8 Å². The maximum atomic E-state index is 10.4. The number of carbonyl (C=O) groups is 1. The molecule has 0 saturated carbocycles. The van der Waals surface area contributed by atoms with Gasteiger partial charge in [0.15, 0.2) is 4.34 Å². The number of aliphatic carboxylic acids is 1. The Morgan fingerprint density at radius 3 is 2.88 bits per heavy atom. The van der Waals surface area contributed by atoms with Crippen molar-refractivity contribution in [1.29, 1.82) is 0 Å². The lowest BCUT2D eigenvalue weighted by Crippen LogP contribution is -1.96. The molecule has 0 radical (unpaired) electrons. The molecule has 0 spiro atoms. The highest BCUT2D eigenvalue weighted by atomic mass is 32.2. The molecule has 0 aliphatic rings. The van der Waals surface area contributed by atoms with Crippen LogP contribution in [0.15, 0.2) is 28.6 Å². The summed E-state index contributed by atoms with van der Waals surface area (Å²) in [5.41, 5.74) is 2.19. The van der Waals surface area contributed by atoms with Gasteiger partial charge in [-0.3, -0.25) is 4.79 Å². The summed E-state index contributed by atoms with van der Waals surface area (Å²) in [4.78, 5) is 10.4. The highest BCUT2D eigenvalue weighted by Crippen LogP contribution is 2.30. The van der Waals surface area contributed by atoms with Gasteiger partial charge in [0.2, 0.25) is 0 Å². The van der Waals surface area contributed by atoms with Crippen LogP contribution < -0.4 is 0 Å². The molecule has 0 saturated heterocycles. The molecule has 0 fully saturated rings. The van der Waals surface area contributed by atoms with Gasteiger partial charge < -0.3 is 5.11 Å². The second kappa shape index (κ2) is 5.29. The van der Waals surface area contributed by atoms with Gasteiger partial charge in [0, 0.05) is 5.56 Å². The maximum absolute atomic E-state index is 10.4. The molecule has 0 atom stereocenters. The Kier molecular flexibility index (Phi) is 3.75. The second-order valence-electron chi connectivity index (χ2n) is 3.37. The average Bonchev–Trinajstić information content (AvgIpc) is 2.75. The van der Waals surface area contributed by atoms with Gasteiger partial charge in [-0.2, -0.15) is 0 Å². The van der Waals surface area contributed by atoms with E-state index in [1.807, 2.05) is 31.2 Å². The van der Waals surface area contributed by atoms with Gasteiger partial charge in [-0.1, -0.05) is 47.4 Å². The van der Waals surface area contributed by atoms with Crippen molar-refractivity contribution in [2.24, 2.45) is 0 Å². The Morgan fingerprint density at radius 2 is 2.18 bits per heavy atom. The third-order valence-corrected chi connectivity index (χ3v) is 4.18. The van der Waals surface area contributed by atoms with Crippen LogP contribution in [-0.2, 0) is 4.79 Å². The number of aromatic nitrogens is 2. The standard InChI is InChI=1S/C11H10N2O2S2/c1-7-4-2-3-5-8(7)10-12-13-11(17-10)16-6-9(14)15/h2-5H,6H2,1H3,(H,14,15). The minimum atomic E-state index is -0.845. The monoisotopic (exact) mass is 266 g/mol. The molecule has 2 aromatic rings. The molecule has 0 aliphatic carbocycles. The fourth-order valence-corrected chi connectivity index (χ4v) is 2.98. The van der Waals surface area contributed by atoms with E-state index in [2.05, 4.69) is 10.2 Å². The second-order valence-corrected chi connectivity index (χ2v) is 5.57. The van der Waals surface area contributed by atoms with E-state index in [9.17, 15) is 4.79 Å². The van der Waals surface area contributed by atoms with E-state index >= 15 is 0 Å². The summed E-state index contributed by atoms with van der Waals surface area (Å²) in [6, 6.07) is 7.93. The number of thioether (sulfide) groups is 1. The lowest BCUT2D eigenvalue weighted by molar-refractivity contribution is -0.133. The van der Waals surface area contributed by atoms with Crippen molar-refractivity contribution in [2.75, 3.05) is 5.75 Å². The maximum Gasteiger partial charge on any atom is 0.313 e. The van der Waals surface area contributed by atoms with E-state index in [0.717, 1.165) is 16.1 Å². The Balaban J connectivity index is 2.18. The van der Waals surface area contributed by atoms with E-state index in [1.165, 1.54) is 23.1 Å². The molecular weight excluding hydrogens is 256 g/mol. The highest BCUT2D eigenvalue weighted by Gasteiger charge is 2.10. The van der Waals surface area contributed by atoms with E-state index in [-0.39, 0.29) is 5.75 Å².